The predicted molar refractivity (Wildman–Crippen MR) is 181 cm³/mol. The Hall–Kier alpha value is -1.06. The maximum Gasteiger partial charge on any atom is 0.305 e. The summed E-state index contributed by atoms with van der Waals surface area (Å²) in [6, 6.07) is 0. The lowest BCUT2D eigenvalue weighted by molar-refractivity contribution is -0.146. The van der Waals surface area contributed by atoms with Gasteiger partial charge >= 0.3 is 11.9 Å². The normalized spacial score (nSPS) is 11.2. The van der Waals surface area contributed by atoms with Crippen LogP contribution in [0, 0.1) is 0 Å². The first-order chi connectivity index (χ1) is 20.7. The molecule has 4 nitrogen and oxygen atoms in total. The fraction of sp³-hybridized carbons (Fsp3) is 0.947. The summed E-state index contributed by atoms with van der Waals surface area (Å²) in [5, 5.41) is 0. The third-order valence-electron chi connectivity index (χ3n) is 8.53. The van der Waals surface area contributed by atoms with E-state index in [4.69, 9.17) is 9.47 Å². The Kier molecular flexibility index (Phi) is 35.2. The van der Waals surface area contributed by atoms with Crippen molar-refractivity contribution in [1.29, 1.82) is 0 Å². The number of unbranched alkanes of at least 4 members (excludes halogenated alkanes) is 27. The largest absolute Gasteiger partial charge is 0.466 e. The maximum absolute atomic E-state index is 11.9. The van der Waals surface area contributed by atoms with Crippen LogP contribution in [0.3, 0.4) is 0 Å². The molecule has 0 aliphatic heterocycles. The zero-order valence-electron chi connectivity index (χ0n) is 28.7. The van der Waals surface area contributed by atoms with Crippen LogP contribution in [0.1, 0.15) is 219 Å². The Labute approximate surface area is 263 Å². The fourth-order valence-electron chi connectivity index (χ4n) is 5.65. The summed E-state index contributed by atoms with van der Waals surface area (Å²) in [6.07, 6.45) is 39.6. The first kappa shape index (κ1) is 40.9. The molecule has 42 heavy (non-hydrogen) atoms. The quantitative estimate of drug-likeness (QED) is 0.0541. The first-order valence-electron chi connectivity index (χ1n) is 19.0. The van der Waals surface area contributed by atoms with E-state index in [-0.39, 0.29) is 11.9 Å². The molecule has 0 atom stereocenters. The van der Waals surface area contributed by atoms with Gasteiger partial charge in [0, 0.05) is 12.8 Å². The van der Waals surface area contributed by atoms with Gasteiger partial charge in [-0.15, -0.1) is 0 Å². The van der Waals surface area contributed by atoms with Crippen molar-refractivity contribution in [3.63, 3.8) is 0 Å². The molecule has 0 heterocycles. The molecule has 4 heteroatoms. The summed E-state index contributed by atoms with van der Waals surface area (Å²) in [5.74, 6) is -0.160. The van der Waals surface area contributed by atoms with Gasteiger partial charge in [-0.25, -0.2) is 0 Å². The molecule has 250 valence electrons. The van der Waals surface area contributed by atoms with Gasteiger partial charge in [-0.1, -0.05) is 181 Å². The molecule has 0 saturated carbocycles. The molecule has 0 aromatic heterocycles. The molecule has 0 N–H and O–H groups in total. The molecule has 0 bridgehead atoms. The van der Waals surface area contributed by atoms with Crippen molar-refractivity contribution in [2.75, 3.05) is 13.2 Å². The minimum absolute atomic E-state index is 0.0799. The Morgan fingerprint density at radius 1 is 0.310 bits per heavy atom. The molecule has 0 amide bonds. The summed E-state index contributed by atoms with van der Waals surface area (Å²) >= 11 is 0. The van der Waals surface area contributed by atoms with Crippen molar-refractivity contribution in [1.82, 2.24) is 0 Å². The van der Waals surface area contributed by atoms with Crippen LogP contribution in [0.4, 0.5) is 0 Å². The van der Waals surface area contributed by atoms with Crippen LogP contribution in [0.15, 0.2) is 0 Å². The lowest BCUT2D eigenvalue weighted by Gasteiger charge is -2.07. The van der Waals surface area contributed by atoms with Crippen LogP contribution >= 0.6 is 0 Å². The summed E-state index contributed by atoms with van der Waals surface area (Å²) in [5.41, 5.74) is 0. The maximum atomic E-state index is 11.9. The van der Waals surface area contributed by atoms with Crippen molar-refractivity contribution in [3.8, 4) is 0 Å². The summed E-state index contributed by atoms with van der Waals surface area (Å²) in [4.78, 5) is 23.8. The zero-order chi connectivity index (χ0) is 30.6. The van der Waals surface area contributed by atoms with Gasteiger partial charge in [-0.3, -0.25) is 9.59 Å². The number of ether oxygens (including phenoxy) is 2. The number of carbonyl (C=O) groups excluding carboxylic acids is 2. The van der Waals surface area contributed by atoms with Crippen LogP contribution in [-0.4, -0.2) is 25.2 Å². The second-order valence-corrected chi connectivity index (χ2v) is 12.8. The van der Waals surface area contributed by atoms with Crippen LogP contribution in [0.25, 0.3) is 0 Å². The minimum atomic E-state index is -0.0799. The zero-order valence-corrected chi connectivity index (χ0v) is 28.7. The second-order valence-electron chi connectivity index (χ2n) is 12.8. The SMILES string of the molecule is CCCCCCCCCCCCCCCCC(=O)OCCCCOC(=O)CCCCCCCCCCCCCCCC. The second kappa shape index (κ2) is 36.1. The van der Waals surface area contributed by atoms with Gasteiger partial charge in [0.1, 0.15) is 0 Å². The lowest BCUT2D eigenvalue weighted by Crippen LogP contribution is -2.08. The highest BCUT2D eigenvalue weighted by Crippen LogP contribution is 2.15. The Morgan fingerprint density at radius 3 is 0.762 bits per heavy atom. The number of carbonyl (C=O) groups is 2. The highest BCUT2D eigenvalue weighted by Gasteiger charge is 2.05. The van der Waals surface area contributed by atoms with E-state index in [1.165, 1.54) is 154 Å². The highest BCUT2D eigenvalue weighted by molar-refractivity contribution is 5.69. The van der Waals surface area contributed by atoms with Crippen molar-refractivity contribution in [3.05, 3.63) is 0 Å². The summed E-state index contributed by atoms with van der Waals surface area (Å²) < 4.78 is 10.7. The highest BCUT2D eigenvalue weighted by atomic mass is 16.5. The van der Waals surface area contributed by atoms with Gasteiger partial charge in [0.15, 0.2) is 0 Å². The van der Waals surface area contributed by atoms with Crippen LogP contribution in [0.2, 0.25) is 0 Å². The molecular weight excluding hydrogens is 520 g/mol. The number of rotatable bonds is 35. The van der Waals surface area contributed by atoms with E-state index in [1.807, 2.05) is 0 Å². The number of hydrogen-bond donors (Lipinski definition) is 0. The molecule has 0 radical (unpaired) electrons. The van der Waals surface area contributed by atoms with Gasteiger partial charge in [0.2, 0.25) is 0 Å². The van der Waals surface area contributed by atoms with Gasteiger partial charge in [0.25, 0.3) is 0 Å². The molecule has 0 aromatic carbocycles. The molecular formula is C38H74O4. The van der Waals surface area contributed by atoms with E-state index in [1.54, 1.807) is 0 Å². The summed E-state index contributed by atoms with van der Waals surface area (Å²) in [6.45, 7) is 5.43. The van der Waals surface area contributed by atoms with E-state index < -0.39 is 0 Å². The van der Waals surface area contributed by atoms with Crippen LogP contribution in [-0.2, 0) is 19.1 Å². The third kappa shape index (κ3) is 35.1. The molecule has 0 rings (SSSR count). The van der Waals surface area contributed by atoms with Crippen molar-refractivity contribution in [2.24, 2.45) is 0 Å². The number of hydrogen-bond acceptors (Lipinski definition) is 4. The minimum Gasteiger partial charge on any atom is -0.466 e. The third-order valence-corrected chi connectivity index (χ3v) is 8.53. The van der Waals surface area contributed by atoms with Crippen molar-refractivity contribution >= 4 is 11.9 Å². The van der Waals surface area contributed by atoms with E-state index in [0.29, 0.717) is 26.1 Å². The van der Waals surface area contributed by atoms with Gasteiger partial charge < -0.3 is 9.47 Å². The smallest absolute Gasteiger partial charge is 0.305 e. The molecule has 0 aliphatic rings. The standard InChI is InChI=1S/C38H74O4/c1-3-5-7-9-11-13-15-17-19-21-23-25-27-29-33-37(39)41-35-31-32-36-42-38(40)34-30-28-26-24-22-20-18-16-14-12-10-8-6-4-2/h3-36H2,1-2H3. The topological polar surface area (TPSA) is 52.6 Å². The monoisotopic (exact) mass is 595 g/mol. The van der Waals surface area contributed by atoms with E-state index in [9.17, 15) is 9.59 Å². The first-order valence-corrected chi connectivity index (χ1v) is 19.0. The number of esters is 2. The molecule has 0 aliphatic carbocycles. The Bertz CT molecular complexity index is 499. The average Bonchev–Trinajstić information content (AvgIpc) is 2.99. The van der Waals surface area contributed by atoms with E-state index in [0.717, 1.165) is 38.5 Å². The summed E-state index contributed by atoms with van der Waals surface area (Å²) in [7, 11) is 0. The van der Waals surface area contributed by atoms with E-state index >= 15 is 0 Å². The predicted octanol–water partition coefficient (Wildman–Crippen LogP) is 12.6. The molecule has 0 unspecified atom stereocenters. The van der Waals surface area contributed by atoms with Gasteiger partial charge in [0.05, 0.1) is 13.2 Å². The van der Waals surface area contributed by atoms with Crippen molar-refractivity contribution < 1.29 is 19.1 Å². The Morgan fingerprint density at radius 2 is 0.524 bits per heavy atom. The Balaban J connectivity index is 3.25. The van der Waals surface area contributed by atoms with Gasteiger partial charge in [-0.05, 0) is 25.7 Å². The molecule has 0 spiro atoms. The van der Waals surface area contributed by atoms with Crippen LogP contribution in [0.5, 0.6) is 0 Å². The van der Waals surface area contributed by atoms with Gasteiger partial charge in [-0.2, -0.15) is 0 Å². The molecule has 0 saturated heterocycles. The average molecular weight is 595 g/mol. The fourth-order valence-corrected chi connectivity index (χ4v) is 5.65. The van der Waals surface area contributed by atoms with Crippen molar-refractivity contribution in [2.45, 2.75) is 219 Å². The lowest BCUT2D eigenvalue weighted by atomic mass is 10.0. The molecule has 0 fully saturated rings. The molecule has 0 aromatic rings. The van der Waals surface area contributed by atoms with Crippen LogP contribution < -0.4 is 0 Å². The van der Waals surface area contributed by atoms with E-state index in [2.05, 4.69) is 13.8 Å².